The van der Waals surface area contributed by atoms with Gasteiger partial charge in [-0.1, -0.05) is 42.1 Å². The molecule has 1 aromatic carbocycles. The van der Waals surface area contributed by atoms with E-state index in [0.717, 1.165) is 23.0 Å². The summed E-state index contributed by atoms with van der Waals surface area (Å²) in [5.74, 6) is -0.375. The van der Waals surface area contributed by atoms with Gasteiger partial charge in [0.1, 0.15) is 5.69 Å². The zero-order valence-corrected chi connectivity index (χ0v) is 14.6. The standard InChI is InChI=1S/C17H15N5O3S/c1-10-14(15(24)22-16(25)19-10)21-13(23)9-26-17-18-8-7-12(20-17)11-5-3-2-4-6-11/h2-8H,9H2,1H3,(H,21,23)(H2,19,22,24,25). The molecule has 2 heterocycles. The first-order chi connectivity index (χ1) is 12.5. The number of carbonyl (C=O) groups excluding carboxylic acids is 1. The number of H-pyrrole nitrogens is 2. The van der Waals surface area contributed by atoms with Crippen LogP contribution in [0.15, 0.2) is 57.3 Å². The number of thioether (sulfide) groups is 1. The van der Waals surface area contributed by atoms with Crippen LogP contribution in [0, 0.1) is 6.92 Å². The molecule has 8 nitrogen and oxygen atoms in total. The summed E-state index contributed by atoms with van der Waals surface area (Å²) in [6, 6.07) is 11.4. The van der Waals surface area contributed by atoms with Crippen LogP contribution in [0.3, 0.4) is 0 Å². The lowest BCUT2D eigenvalue weighted by molar-refractivity contribution is -0.113. The van der Waals surface area contributed by atoms with Gasteiger partial charge in [-0.2, -0.15) is 0 Å². The normalized spacial score (nSPS) is 10.5. The van der Waals surface area contributed by atoms with Gasteiger partial charge in [-0.3, -0.25) is 14.6 Å². The third-order valence-electron chi connectivity index (χ3n) is 3.43. The van der Waals surface area contributed by atoms with Gasteiger partial charge in [0.15, 0.2) is 5.16 Å². The number of aromatic amines is 2. The molecular formula is C17H15N5O3S. The maximum atomic E-state index is 12.1. The zero-order chi connectivity index (χ0) is 18.5. The van der Waals surface area contributed by atoms with Gasteiger partial charge < -0.3 is 10.3 Å². The van der Waals surface area contributed by atoms with E-state index in [-0.39, 0.29) is 11.4 Å². The number of nitrogens with zero attached hydrogens (tertiary/aromatic N) is 2. The van der Waals surface area contributed by atoms with Crippen molar-refractivity contribution in [3.8, 4) is 11.3 Å². The second-order valence-electron chi connectivity index (χ2n) is 5.34. The van der Waals surface area contributed by atoms with Crippen molar-refractivity contribution in [2.45, 2.75) is 12.1 Å². The van der Waals surface area contributed by atoms with E-state index in [1.54, 1.807) is 12.3 Å². The highest BCUT2D eigenvalue weighted by atomic mass is 32.2. The maximum absolute atomic E-state index is 12.1. The van der Waals surface area contributed by atoms with E-state index in [1.165, 1.54) is 6.92 Å². The van der Waals surface area contributed by atoms with Gasteiger partial charge in [0.25, 0.3) is 5.56 Å². The third-order valence-corrected chi connectivity index (χ3v) is 4.29. The lowest BCUT2D eigenvalue weighted by Gasteiger charge is -2.07. The van der Waals surface area contributed by atoms with Crippen LogP contribution in [-0.2, 0) is 4.79 Å². The molecule has 2 aromatic heterocycles. The number of aryl methyl sites for hydroxylation is 1. The highest BCUT2D eigenvalue weighted by molar-refractivity contribution is 7.99. The van der Waals surface area contributed by atoms with Crippen LogP contribution in [0.2, 0.25) is 0 Å². The molecule has 26 heavy (non-hydrogen) atoms. The Kier molecular flexibility index (Phi) is 5.28. The molecule has 0 saturated heterocycles. The first-order valence-electron chi connectivity index (χ1n) is 7.67. The summed E-state index contributed by atoms with van der Waals surface area (Å²) in [7, 11) is 0. The fourth-order valence-corrected chi connectivity index (χ4v) is 2.87. The summed E-state index contributed by atoms with van der Waals surface area (Å²) in [6.07, 6.45) is 1.63. The number of rotatable bonds is 5. The molecule has 9 heteroatoms. The van der Waals surface area contributed by atoms with Crippen molar-refractivity contribution in [3.63, 3.8) is 0 Å². The molecule has 132 valence electrons. The van der Waals surface area contributed by atoms with Crippen molar-refractivity contribution < 1.29 is 4.79 Å². The molecule has 0 saturated carbocycles. The van der Waals surface area contributed by atoms with Gasteiger partial charge in [0, 0.05) is 17.5 Å². The quantitative estimate of drug-likeness (QED) is 0.464. The Morgan fingerprint density at radius 3 is 2.65 bits per heavy atom. The minimum Gasteiger partial charge on any atom is -0.319 e. The smallest absolute Gasteiger partial charge is 0.319 e. The van der Waals surface area contributed by atoms with Crippen LogP contribution in [-0.4, -0.2) is 31.6 Å². The van der Waals surface area contributed by atoms with Gasteiger partial charge in [-0.15, -0.1) is 0 Å². The van der Waals surface area contributed by atoms with Crippen molar-refractivity contribution in [1.82, 2.24) is 19.9 Å². The largest absolute Gasteiger partial charge is 0.326 e. The molecule has 1 amide bonds. The topological polar surface area (TPSA) is 121 Å². The highest BCUT2D eigenvalue weighted by Gasteiger charge is 2.11. The van der Waals surface area contributed by atoms with Crippen LogP contribution in [0.5, 0.6) is 0 Å². The molecule has 0 aliphatic rings. The molecule has 3 N–H and O–H groups in total. The summed E-state index contributed by atoms with van der Waals surface area (Å²) < 4.78 is 0. The van der Waals surface area contributed by atoms with Crippen LogP contribution < -0.4 is 16.6 Å². The van der Waals surface area contributed by atoms with E-state index < -0.39 is 17.2 Å². The third kappa shape index (κ3) is 4.25. The second kappa shape index (κ2) is 7.79. The second-order valence-corrected chi connectivity index (χ2v) is 6.28. The summed E-state index contributed by atoms with van der Waals surface area (Å²) in [4.78, 5) is 48.1. The Labute approximate surface area is 152 Å². The Bertz CT molecular complexity index is 1050. The average Bonchev–Trinajstić information content (AvgIpc) is 2.64. The lowest BCUT2D eigenvalue weighted by Crippen LogP contribution is -2.29. The summed E-state index contributed by atoms with van der Waals surface area (Å²) in [6.45, 7) is 1.53. The molecular weight excluding hydrogens is 354 g/mol. The van der Waals surface area contributed by atoms with Crippen molar-refractivity contribution in [2.24, 2.45) is 0 Å². The molecule has 0 atom stereocenters. The van der Waals surface area contributed by atoms with E-state index in [2.05, 4.69) is 25.3 Å². The van der Waals surface area contributed by atoms with Crippen LogP contribution in [0.25, 0.3) is 11.3 Å². The van der Waals surface area contributed by atoms with E-state index in [1.807, 2.05) is 30.3 Å². The van der Waals surface area contributed by atoms with E-state index >= 15 is 0 Å². The van der Waals surface area contributed by atoms with Crippen molar-refractivity contribution in [1.29, 1.82) is 0 Å². The highest BCUT2D eigenvalue weighted by Crippen LogP contribution is 2.19. The fraction of sp³-hybridized carbons (Fsp3) is 0.118. The van der Waals surface area contributed by atoms with Crippen LogP contribution in [0.4, 0.5) is 5.69 Å². The molecule has 0 bridgehead atoms. The Morgan fingerprint density at radius 1 is 1.15 bits per heavy atom. The predicted octanol–water partition coefficient (Wildman–Crippen LogP) is 1.56. The Hall–Kier alpha value is -3.20. The van der Waals surface area contributed by atoms with Crippen LogP contribution in [0.1, 0.15) is 5.69 Å². The number of hydrogen-bond acceptors (Lipinski definition) is 6. The molecule has 0 unspecified atom stereocenters. The van der Waals surface area contributed by atoms with E-state index in [0.29, 0.717) is 10.9 Å². The molecule has 0 aliphatic heterocycles. The summed E-state index contributed by atoms with van der Waals surface area (Å²) in [5.41, 5.74) is 0.763. The molecule has 0 radical (unpaired) electrons. The van der Waals surface area contributed by atoms with Gasteiger partial charge in [0.05, 0.1) is 11.4 Å². The molecule has 0 spiro atoms. The minimum atomic E-state index is -0.646. The number of anilines is 1. The zero-order valence-electron chi connectivity index (χ0n) is 13.8. The van der Waals surface area contributed by atoms with Gasteiger partial charge >= 0.3 is 5.69 Å². The minimum absolute atomic E-state index is 0.0224. The van der Waals surface area contributed by atoms with Gasteiger partial charge in [-0.05, 0) is 13.0 Å². The number of benzene rings is 1. The molecule has 3 rings (SSSR count). The fourth-order valence-electron chi connectivity index (χ4n) is 2.24. The number of hydrogen-bond donors (Lipinski definition) is 3. The number of nitrogens with one attached hydrogen (secondary N) is 3. The molecule has 0 aliphatic carbocycles. The first kappa shape index (κ1) is 17.6. The van der Waals surface area contributed by atoms with Gasteiger partial charge in [0.2, 0.25) is 5.91 Å². The summed E-state index contributed by atoms with van der Waals surface area (Å²) in [5, 5.41) is 2.95. The number of amides is 1. The Balaban J connectivity index is 1.67. The number of aromatic nitrogens is 4. The van der Waals surface area contributed by atoms with E-state index in [9.17, 15) is 14.4 Å². The predicted molar refractivity (Wildman–Crippen MR) is 99.2 cm³/mol. The molecule has 0 fully saturated rings. The molecule has 3 aromatic rings. The monoisotopic (exact) mass is 369 g/mol. The maximum Gasteiger partial charge on any atom is 0.326 e. The Morgan fingerprint density at radius 2 is 1.92 bits per heavy atom. The lowest BCUT2D eigenvalue weighted by atomic mass is 10.1. The SMILES string of the molecule is Cc1[nH]c(=O)[nH]c(=O)c1NC(=O)CSc1nccc(-c2ccccc2)n1. The van der Waals surface area contributed by atoms with Crippen LogP contribution >= 0.6 is 11.8 Å². The average molecular weight is 369 g/mol. The van der Waals surface area contributed by atoms with Crippen molar-refractivity contribution in [3.05, 3.63) is 69.1 Å². The summed E-state index contributed by atoms with van der Waals surface area (Å²) >= 11 is 1.15. The first-order valence-corrected chi connectivity index (χ1v) is 8.66. The van der Waals surface area contributed by atoms with E-state index in [4.69, 9.17) is 0 Å². The van der Waals surface area contributed by atoms with Crippen molar-refractivity contribution in [2.75, 3.05) is 11.1 Å². The van der Waals surface area contributed by atoms with Crippen molar-refractivity contribution >= 4 is 23.4 Å². The number of carbonyl (C=O) groups is 1. The van der Waals surface area contributed by atoms with Gasteiger partial charge in [-0.25, -0.2) is 14.8 Å².